The maximum absolute atomic E-state index is 13.0. The summed E-state index contributed by atoms with van der Waals surface area (Å²) in [5.74, 6) is 0.163. The number of hydrogen-bond donors (Lipinski definition) is 0. The predicted molar refractivity (Wildman–Crippen MR) is 99.1 cm³/mol. The predicted octanol–water partition coefficient (Wildman–Crippen LogP) is 3.49. The summed E-state index contributed by atoms with van der Waals surface area (Å²) in [7, 11) is 0. The maximum Gasteiger partial charge on any atom is 0.255 e. The van der Waals surface area contributed by atoms with E-state index >= 15 is 0 Å². The van der Waals surface area contributed by atoms with Gasteiger partial charge in [0.1, 0.15) is 0 Å². The van der Waals surface area contributed by atoms with Crippen LogP contribution in [0.15, 0.2) is 17.6 Å². The third-order valence-corrected chi connectivity index (χ3v) is 5.54. The summed E-state index contributed by atoms with van der Waals surface area (Å²) in [5.41, 5.74) is 3.09. The highest BCUT2D eigenvalue weighted by molar-refractivity contribution is 7.13. The lowest BCUT2D eigenvalue weighted by Gasteiger charge is -2.22. The molecule has 0 aliphatic carbocycles. The quantitative estimate of drug-likeness (QED) is 0.854. The Morgan fingerprint density at radius 1 is 1.21 bits per heavy atom. The monoisotopic (exact) mass is 346 g/mol. The van der Waals surface area contributed by atoms with Crippen LogP contribution < -0.4 is 4.90 Å². The average molecular weight is 347 g/mol. The summed E-state index contributed by atoms with van der Waals surface area (Å²) in [6.45, 7) is 11.8. The number of carbonyl (C=O) groups excluding carboxylic acids is 1. The van der Waals surface area contributed by atoms with E-state index in [4.69, 9.17) is 0 Å². The van der Waals surface area contributed by atoms with Gasteiger partial charge in [-0.05, 0) is 40.2 Å². The summed E-state index contributed by atoms with van der Waals surface area (Å²) in [5, 5.41) is 3.06. The van der Waals surface area contributed by atoms with Crippen LogP contribution in [0.2, 0.25) is 0 Å². The Kier molecular flexibility index (Phi) is 4.94. The molecule has 0 spiro atoms. The number of thiazole rings is 1. The number of amides is 1. The van der Waals surface area contributed by atoms with Crippen LogP contribution in [0, 0.1) is 13.8 Å². The lowest BCUT2D eigenvalue weighted by molar-refractivity contribution is 0.0766. The fourth-order valence-corrected chi connectivity index (χ4v) is 4.34. The molecule has 1 aliphatic rings. The highest BCUT2D eigenvalue weighted by atomic mass is 32.1. The van der Waals surface area contributed by atoms with Crippen LogP contribution in [0.25, 0.3) is 0 Å². The first kappa shape index (κ1) is 17.0. The van der Waals surface area contributed by atoms with Gasteiger partial charge in [0.2, 0.25) is 0 Å². The summed E-state index contributed by atoms with van der Waals surface area (Å²) in [4.78, 5) is 21.7. The van der Waals surface area contributed by atoms with E-state index in [9.17, 15) is 4.79 Å². The molecule has 1 amide bonds. The van der Waals surface area contributed by atoms with Crippen molar-refractivity contribution in [3.8, 4) is 0 Å². The minimum Gasteiger partial charge on any atom is -0.346 e. The van der Waals surface area contributed by atoms with Crippen LogP contribution in [-0.4, -0.2) is 46.5 Å². The van der Waals surface area contributed by atoms with Crippen LogP contribution in [0.5, 0.6) is 0 Å². The number of hydrogen-bond acceptors (Lipinski definition) is 4. The van der Waals surface area contributed by atoms with E-state index in [1.165, 1.54) is 0 Å². The highest BCUT2D eigenvalue weighted by Gasteiger charge is 2.24. The standard InChI is InChI=1S/C18H26N4OS/c1-13(2)22-14(3)12-16(15(22)4)17(23)20-7-5-8-21(10-9-20)18-19-6-11-24-18/h6,11-13H,5,7-10H2,1-4H3. The normalized spacial score (nSPS) is 15.9. The Bertz CT molecular complexity index is 705. The lowest BCUT2D eigenvalue weighted by atomic mass is 10.2. The second kappa shape index (κ2) is 6.97. The van der Waals surface area contributed by atoms with Gasteiger partial charge in [0.15, 0.2) is 5.13 Å². The first-order valence-electron chi connectivity index (χ1n) is 8.61. The zero-order valence-electron chi connectivity index (χ0n) is 15.0. The summed E-state index contributed by atoms with van der Waals surface area (Å²) in [6, 6.07) is 2.41. The molecule has 0 atom stereocenters. The van der Waals surface area contributed by atoms with Crippen molar-refractivity contribution in [3.05, 3.63) is 34.6 Å². The Hall–Kier alpha value is -1.82. The smallest absolute Gasteiger partial charge is 0.255 e. The third-order valence-electron chi connectivity index (χ3n) is 4.70. The maximum atomic E-state index is 13.0. The first-order valence-corrected chi connectivity index (χ1v) is 9.49. The van der Waals surface area contributed by atoms with Gasteiger partial charge in [-0.3, -0.25) is 4.79 Å². The Morgan fingerprint density at radius 3 is 2.62 bits per heavy atom. The molecule has 0 saturated carbocycles. The summed E-state index contributed by atoms with van der Waals surface area (Å²) >= 11 is 1.66. The number of nitrogens with zero attached hydrogens (tertiary/aromatic N) is 4. The molecule has 3 rings (SSSR count). The number of rotatable bonds is 3. The fourth-order valence-electron chi connectivity index (χ4n) is 3.64. The molecule has 6 heteroatoms. The zero-order valence-corrected chi connectivity index (χ0v) is 15.8. The fraction of sp³-hybridized carbons (Fsp3) is 0.556. The summed E-state index contributed by atoms with van der Waals surface area (Å²) < 4.78 is 2.24. The van der Waals surface area contributed by atoms with Crippen molar-refractivity contribution in [2.24, 2.45) is 0 Å². The number of carbonyl (C=O) groups is 1. The van der Waals surface area contributed by atoms with Crippen LogP contribution in [-0.2, 0) is 0 Å². The molecule has 2 aromatic heterocycles. The van der Waals surface area contributed by atoms with E-state index < -0.39 is 0 Å². The second-order valence-corrected chi connectivity index (χ2v) is 7.57. The molecule has 130 valence electrons. The van der Waals surface area contributed by atoms with Crippen LogP contribution in [0.3, 0.4) is 0 Å². The number of aryl methyl sites for hydroxylation is 1. The van der Waals surface area contributed by atoms with E-state index in [-0.39, 0.29) is 5.91 Å². The molecule has 0 unspecified atom stereocenters. The molecule has 1 aliphatic heterocycles. The van der Waals surface area contributed by atoms with Crippen molar-refractivity contribution in [2.75, 3.05) is 31.1 Å². The minimum atomic E-state index is 0.163. The molecule has 1 saturated heterocycles. The largest absolute Gasteiger partial charge is 0.346 e. The highest BCUT2D eigenvalue weighted by Crippen LogP contribution is 2.23. The summed E-state index contributed by atoms with van der Waals surface area (Å²) in [6.07, 6.45) is 2.82. The molecular weight excluding hydrogens is 320 g/mol. The van der Waals surface area contributed by atoms with Gasteiger partial charge in [0, 0.05) is 55.2 Å². The molecule has 0 bridgehead atoms. The third kappa shape index (κ3) is 3.20. The van der Waals surface area contributed by atoms with Crippen molar-refractivity contribution in [3.63, 3.8) is 0 Å². The van der Waals surface area contributed by atoms with Crippen molar-refractivity contribution >= 4 is 22.4 Å². The minimum absolute atomic E-state index is 0.163. The van der Waals surface area contributed by atoms with Gasteiger partial charge in [-0.2, -0.15) is 0 Å². The van der Waals surface area contributed by atoms with Gasteiger partial charge in [-0.15, -0.1) is 11.3 Å². The molecular formula is C18H26N4OS. The van der Waals surface area contributed by atoms with Crippen LogP contribution in [0.1, 0.15) is 48.1 Å². The molecule has 3 heterocycles. The molecule has 1 fully saturated rings. The first-order chi connectivity index (χ1) is 11.5. The molecule has 5 nitrogen and oxygen atoms in total. The molecule has 24 heavy (non-hydrogen) atoms. The molecule has 0 radical (unpaired) electrons. The number of anilines is 1. The Labute approximate surface area is 147 Å². The van der Waals surface area contributed by atoms with Crippen molar-refractivity contribution in [1.82, 2.24) is 14.5 Å². The average Bonchev–Trinajstić information content (AvgIpc) is 3.08. The number of aromatic nitrogens is 2. The topological polar surface area (TPSA) is 41.4 Å². The van der Waals surface area contributed by atoms with Gasteiger partial charge in [0.05, 0.1) is 5.56 Å². The van der Waals surface area contributed by atoms with Gasteiger partial charge in [0.25, 0.3) is 5.91 Å². The molecule has 2 aromatic rings. The Morgan fingerprint density at radius 2 is 2.00 bits per heavy atom. The SMILES string of the molecule is Cc1cc(C(=O)N2CCCN(c3nccs3)CC2)c(C)n1C(C)C. The van der Waals surface area contributed by atoms with Gasteiger partial charge in [-0.25, -0.2) is 4.98 Å². The van der Waals surface area contributed by atoms with E-state index in [1.807, 2.05) is 22.5 Å². The molecule has 0 aromatic carbocycles. The van der Waals surface area contributed by atoms with E-state index in [1.54, 1.807) is 11.3 Å². The van der Waals surface area contributed by atoms with Gasteiger partial charge < -0.3 is 14.4 Å². The van der Waals surface area contributed by atoms with E-state index in [0.29, 0.717) is 6.04 Å². The van der Waals surface area contributed by atoms with Crippen molar-refractivity contribution in [2.45, 2.75) is 40.2 Å². The second-order valence-electron chi connectivity index (χ2n) is 6.70. The molecule has 0 N–H and O–H groups in total. The van der Waals surface area contributed by atoms with Gasteiger partial charge in [-0.1, -0.05) is 0 Å². The van der Waals surface area contributed by atoms with Crippen LogP contribution >= 0.6 is 11.3 Å². The van der Waals surface area contributed by atoms with Crippen LogP contribution in [0.4, 0.5) is 5.13 Å². The van der Waals surface area contributed by atoms with Crippen molar-refractivity contribution in [1.29, 1.82) is 0 Å². The van der Waals surface area contributed by atoms with Gasteiger partial charge >= 0.3 is 0 Å². The van der Waals surface area contributed by atoms with Crippen molar-refractivity contribution < 1.29 is 4.79 Å². The lowest BCUT2D eigenvalue weighted by Crippen LogP contribution is -2.35. The van der Waals surface area contributed by atoms with E-state index in [0.717, 1.165) is 54.7 Å². The Balaban J connectivity index is 1.75. The zero-order chi connectivity index (χ0) is 17.3. The van der Waals surface area contributed by atoms with E-state index in [2.05, 4.69) is 42.1 Å².